The summed E-state index contributed by atoms with van der Waals surface area (Å²) >= 11 is 0. The molecule has 0 aliphatic carbocycles. The number of rotatable bonds is 0. The topological polar surface area (TPSA) is 15.3 Å². The van der Waals surface area contributed by atoms with Crippen molar-refractivity contribution in [2.45, 2.75) is 24.7 Å². The fourth-order valence-corrected chi connectivity index (χ4v) is 2.01. The van der Waals surface area contributed by atoms with E-state index < -0.39 is 6.17 Å². The molecule has 3 unspecified atom stereocenters. The van der Waals surface area contributed by atoms with E-state index >= 15 is 0 Å². The lowest BCUT2D eigenvalue weighted by Crippen LogP contribution is -2.50. The number of hydrogen-bond acceptors (Lipinski definition) is 2. The first-order chi connectivity index (χ1) is 4.79. The third-order valence-corrected chi connectivity index (χ3v) is 2.75. The highest BCUT2D eigenvalue weighted by Gasteiger charge is 2.41. The number of hydrogen-bond donors (Lipinski definition) is 1. The van der Waals surface area contributed by atoms with Gasteiger partial charge in [-0.05, 0) is 13.5 Å². The summed E-state index contributed by atoms with van der Waals surface area (Å²) < 4.78 is 13.0. The molecule has 10 heavy (non-hydrogen) atoms. The van der Waals surface area contributed by atoms with Crippen LogP contribution < -0.4 is 5.32 Å². The largest absolute Gasteiger partial charge is 0.314 e. The van der Waals surface area contributed by atoms with Crippen LogP contribution in [0.1, 0.15) is 6.42 Å². The van der Waals surface area contributed by atoms with Crippen LogP contribution in [-0.2, 0) is 0 Å². The molecule has 0 aromatic heterocycles. The van der Waals surface area contributed by atoms with E-state index in [0.717, 1.165) is 19.5 Å². The van der Waals surface area contributed by atoms with E-state index in [2.05, 4.69) is 10.2 Å². The molecule has 0 aromatic carbocycles. The van der Waals surface area contributed by atoms with Crippen LogP contribution in [0.25, 0.3) is 0 Å². The average molecular weight is 144 g/mol. The summed E-state index contributed by atoms with van der Waals surface area (Å²) in [6.07, 6.45) is 0.138. The molecular weight excluding hydrogens is 131 g/mol. The van der Waals surface area contributed by atoms with Gasteiger partial charge in [-0.3, -0.25) is 4.90 Å². The molecule has 0 amide bonds. The van der Waals surface area contributed by atoms with E-state index in [4.69, 9.17) is 0 Å². The molecule has 2 aliphatic rings. The van der Waals surface area contributed by atoms with Crippen molar-refractivity contribution in [3.63, 3.8) is 0 Å². The number of nitrogens with one attached hydrogen (secondary N) is 1. The zero-order chi connectivity index (χ0) is 7.14. The van der Waals surface area contributed by atoms with Crippen LogP contribution in [0.5, 0.6) is 0 Å². The fraction of sp³-hybridized carbons (Fsp3) is 1.00. The van der Waals surface area contributed by atoms with Crippen molar-refractivity contribution < 1.29 is 4.39 Å². The summed E-state index contributed by atoms with van der Waals surface area (Å²) in [5.74, 6) is 0. The minimum atomic E-state index is -0.593. The zero-order valence-corrected chi connectivity index (χ0v) is 6.18. The van der Waals surface area contributed by atoms with E-state index in [9.17, 15) is 4.39 Å². The van der Waals surface area contributed by atoms with E-state index in [0.29, 0.717) is 6.04 Å². The molecule has 2 aliphatic heterocycles. The van der Waals surface area contributed by atoms with E-state index in [1.54, 1.807) is 0 Å². The number of likely N-dealkylation sites (N-methyl/N-ethyl adjacent to an activating group) is 1. The van der Waals surface area contributed by atoms with Crippen molar-refractivity contribution in [1.82, 2.24) is 10.2 Å². The minimum Gasteiger partial charge on any atom is -0.314 e. The number of alkyl halides is 1. The van der Waals surface area contributed by atoms with E-state index in [-0.39, 0.29) is 6.04 Å². The summed E-state index contributed by atoms with van der Waals surface area (Å²) in [6, 6.07) is 0.604. The van der Waals surface area contributed by atoms with Crippen LogP contribution in [0.4, 0.5) is 4.39 Å². The SMILES string of the molecule is CN1C2CNCC1C(F)C2. The van der Waals surface area contributed by atoms with Crippen LogP contribution in [0.15, 0.2) is 0 Å². The first-order valence-electron chi connectivity index (χ1n) is 3.86. The molecule has 2 bridgehead atoms. The molecular formula is C7H13FN2. The summed E-state index contributed by atoms with van der Waals surface area (Å²) in [7, 11) is 2.02. The highest BCUT2D eigenvalue weighted by Crippen LogP contribution is 2.27. The maximum atomic E-state index is 13.0. The number of fused-ring (bicyclic) bond motifs is 2. The van der Waals surface area contributed by atoms with Gasteiger partial charge in [-0.1, -0.05) is 0 Å². The molecule has 2 fully saturated rings. The Morgan fingerprint density at radius 3 is 2.90 bits per heavy atom. The smallest absolute Gasteiger partial charge is 0.118 e. The molecule has 2 nitrogen and oxygen atoms in total. The van der Waals surface area contributed by atoms with Crippen molar-refractivity contribution >= 4 is 0 Å². The Hall–Kier alpha value is -0.150. The Morgan fingerprint density at radius 1 is 1.50 bits per heavy atom. The van der Waals surface area contributed by atoms with E-state index in [1.165, 1.54) is 0 Å². The standard InChI is InChI=1S/C7H13FN2/c1-10-5-2-6(8)7(10)4-9-3-5/h5-7,9H,2-4H2,1H3. The summed E-state index contributed by atoms with van der Waals surface area (Å²) in [5.41, 5.74) is 0. The summed E-state index contributed by atoms with van der Waals surface area (Å²) in [4.78, 5) is 2.17. The number of nitrogens with zero attached hydrogens (tertiary/aromatic N) is 1. The molecule has 0 saturated carbocycles. The second-order valence-electron chi connectivity index (χ2n) is 3.30. The monoisotopic (exact) mass is 144 g/mol. The van der Waals surface area contributed by atoms with Gasteiger partial charge < -0.3 is 5.32 Å². The second-order valence-corrected chi connectivity index (χ2v) is 3.30. The Bertz CT molecular complexity index is 140. The summed E-state index contributed by atoms with van der Waals surface area (Å²) in [5, 5.41) is 3.23. The molecule has 2 heterocycles. The van der Waals surface area contributed by atoms with Gasteiger partial charge in [-0.25, -0.2) is 4.39 Å². The number of piperazine rings is 1. The fourth-order valence-electron chi connectivity index (χ4n) is 2.01. The third kappa shape index (κ3) is 0.772. The van der Waals surface area contributed by atoms with Crippen LogP contribution in [-0.4, -0.2) is 43.3 Å². The van der Waals surface area contributed by atoms with Gasteiger partial charge in [-0.15, -0.1) is 0 Å². The van der Waals surface area contributed by atoms with Gasteiger partial charge in [0.15, 0.2) is 0 Å². The molecule has 3 atom stereocenters. The van der Waals surface area contributed by atoms with Gasteiger partial charge in [0.05, 0.1) is 6.04 Å². The molecule has 0 radical (unpaired) electrons. The molecule has 2 rings (SSSR count). The quantitative estimate of drug-likeness (QED) is 0.515. The Labute approximate surface area is 60.4 Å². The van der Waals surface area contributed by atoms with Gasteiger partial charge in [0.1, 0.15) is 6.17 Å². The van der Waals surface area contributed by atoms with Crippen LogP contribution >= 0.6 is 0 Å². The lowest BCUT2D eigenvalue weighted by atomic mass is 10.2. The normalized spacial score (nSPS) is 48.0. The molecule has 0 spiro atoms. The Morgan fingerprint density at radius 2 is 2.30 bits per heavy atom. The molecule has 58 valence electrons. The molecule has 2 saturated heterocycles. The predicted molar refractivity (Wildman–Crippen MR) is 37.7 cm³/mol. The highest BCUT2D eigenvalue weighted by molar-refractivity contribution is 4.98. The molecule has 3 heteroatoms. The van der Waals surface area contributed by atoms with Gasteiger partial charge >= 0.3 is 0 Å². The van der Waals surface area contributed by atoms with Crippen molar-refractivity contribution in [2.24, 2.45) is 0 Å². The predicted octanol–water partition coefficient (Wildman–Crippen LogP) is 0.000400. The maximum Gasteiger partial charge on any atom is 0.118 e. The average Bonchev–Trinajstić information content (AvgIpc) is 2.16. The second kappa shape index (κ2) is 2.17. The highest BCUT2D eigenvalue weighted by atomic mass is 19.1. The Kier molecular flexibility index (Phi) is 1.42. The van der Waals surface area contributed by atoms with Gasteiger partial charge in [0.2, 0.25) is 0 Å². The van der Waals surface area contributed by atoms with Crippen LogP contribution in [0.2, 0.25) is 0 Å². The van der Waals surface area contributed by atoms with E-state index in [1.807, 2.05) is 7.05 Å². The molecule has 1 N–H and O–H groups in total. The van der Waals surface area contributed by atoms with Crippen molar-refractivity contribution in [2.75, 3.05) is 20.1 Å². The van der Waals surface area contributed by atoms with Gasteiger partial charge in [0.25, 0.3) is 0 Å². The third-order valence-electron chi connectivity index (χ3n) is 2.75. The molecule has 0 aromatic rings. The first-order valence-corrected chi connectivity index (χ1v) is 3.86. The minimum absolute atomic E-state index is 0.152. The Balaban J connectivity index is 2.14. The van der Waals surface area contributed by atoms with Crippen molar-refractivity contribution in [3.8, 4) is 0 Å². The van der Waals surface area contributed by atoms with Crippen molar-refractivity contribution in [1.29, 1.82) is 0 Å². The van der Waals surface area contributed by atoms with Gasteiger partial charge in [0, 0.05) is 19.1 Å². The lowest BCUT2D eigenvalue weighted by Gasteiger charge is -2.31. The summed E-state index contributed by atoms with van der Waals surface area (Å²) in [6.45, 7) is 1.79. The van der Waals surface area contributed by atoms with Gasteiger partial charge in [-0.2, -0.15) is 0 Å². The number of halogens is 1. The lowest BCUT2D eigenvalue weighted by molar-refractivity contribution is 0.164. The zero-order valence-electron chi connectivity index (χ0n) is 6.18. The van der Waals surface area contributed by atoms with Crippen LogP contribution in [0.3, 0.4) is 0 Å². The maximum absolute atomic E-state index is 13.0. The first kappa shape index (κ1) is 6.55. The van der Waals surface area contributed by atoms with Crippen molar-refractivity contribution in [3.05, 3.63) is 0 Å². The van der Waals surface area contributed by atoms with Crippen LogP contribution in [0, 0.1) is 0 Å².